The van der Waals surface area contributed by atoms with E-state index in [1.165, 1.54) is 6.07 Å². The van der Waals surface area contributed by atoms with E-state index < -0.39 is 5.97 Å². The molecule has 6 heteroatoms. The van der Waals surface area contributed by atoms with Crippen molar-refractivity contribution in [1.29, 1.82) is 0 Å². The molecule has 4 aromatic rings. The predicted molar refractivity (Wildman–Crippen MR) is 116 cm³/mol. The lowest BCUT2D eigenvalue weighted by atomic mass is 10.0. The Labute approximate surface area is 177 Å². The highest BCUT2D eigenvalue weighted by molar-refractivity contribution is 6.33. The molecular formula is C24H17ClO5. The zero-order valence-electron chi connectivity index (χ0n) is 16.3. The second-order valence-electron chi connectivity index (χ2n) is 6.59. The monoisotopic (exact) mass is 420 g/mol. The van der Waals surface area contributed by atoms with E-state index >= 15 is 0 Å². The van der Waals surface area contributed by atoms with Crippen LogP contribution in [0.5, 0.6) is 11.5 Å². The Bertz CT molecular complexity index is 1320. The van der Waals surface area contributed by atoms with Crippen LogP contribution in [0.15, 0.2) is 75.9 Å². The fourth-order valence-electron chi connectivity index (χ4n) is 3.30. The molecule has 0 atom stereocenters. The SMILES string of the molecule is COc1ccccc1-c1c(C)oc2cc(OC(=O)c3ccccc3Cl)ccc2c1=O. The molecule has 0 aliphatic rings. The van der Waals surface area contributed by atoms with Crippen molar-refractivity contribution >= 4 is 28.5 Å². The van der Waals surface area contributed by atoms with Crippen molar-refractivity contribution in [2.45, 2.75) is 6.92 Å². The lowest BCUT2D eigenvalue weighted by molar-refractivity contribution is 0.0735. The number of hydrogen-bond donors (Lipinski definition) is 0. The lowest BCUT2D eigenvalue weighted by Gasteiger charge is -2.11. The number of benzene rings is 3. The largest absolute Gasteiger partial charge is 0.496 e. The molecule has 0 bridgehead atoms. The maximum Gasteiger partial charge on any atom is 0.345 e. The number of para-hydroxylation sites is 1. The first-order valence-corrected chi connectivity index (χ1v) is 9.55. The van der Waals surface area contributed by atoms with Gasteiger partial charge in [-0.25, -0.2) is 4.79 Å². The van der Waals surface area contributed by atoms with Gasteiger partial charge in [0, 0.05) is 11.6 Å². The van der Waals surface area contributed by atoms with Gasteiger partial charge in [0.05, 0.1) is 28.6 Å². The lowest BCUT2D eigenvalue weighted by Crippen LogP contribution is -2.10. The molecule has 0 N–H and O–H groups in total. The van der Waals surface area contributed by atoms with E-state index in [0.29, 0.717) is 38.6 Å². The maximum atomic E-state index is 13.2. The topological polar surface area (TPSA) is 65.7 Å². The van der Waals surface area contributed by atoms with Gasteiger partial charge in [0.1, 0.15) is 22.8 Å². The van der Waals surface area contributed by atoms with E-state index in [2.05, 4.69) is 0 Å². The van der Waals surface area contributed by atoms with Crippen molar-refractivity contribution in [3.63, 3.8) is 0 Å². The van der Waals surface area contributed by atoms with Crippen LogP contribution in [0.2, 0.25) is 5.02 Å². The summed E-state index contributed by atoms with van der Waals surface area (Å²) in [7, 11) is 1.55. The Kier molecular flexibility index (Phi) is 5.29. The summed E-state index contributed by atoms with van der Waals surface area (Å²) in [6.45, 7) is 1.71. The molecule has 0 aliphatic carbocycles. The number of esters is 1. The standard InChI is InChI=1S/C24H17ClO5/c1-14-22(17-8-4-6-10-20(17)28-2)23(26)18-12-11-15(13-21(18)29-14)30-24(27)16-7-3-5-9-19(16)25/h3-13H,1-2H3. The molecule has 0 saturated carbocycles. The Morgan fingerprint density at radius 1 is 1.00 bits per heavy atom. The Balaban J connectivity index is 1.76. The van der Waals surface area contributed by atoms with Crippen LogP contribution in [0.1, 0.15) is 16.1 Å². The van der Waals surface area contributed by atoms with Crippen LogP contribution in [0.25, 0.3) is 22.1 Å². The highest BCUT2D eigenvalue weighted by Gasteiger charge is 2.18. The van der Waals surface area contributed by atoms with Crippen LogP contribution >= 0.6 is 11.6 Å². The van der Waals surface area contributed by atoms with Gasteiger partial charge in [-0.1, -0.05) is 41.9 Å². The number of carbonyl (C=O) groups is 1. The first kappa shape index (κ1) is 19.7. The molecule has 1 aromatic heterocycles. The van der Waals surface area contributed by atoms with Gasteiger partial charge in [0.25, 0.3) is 0 Å². The minimum Gasteiger partial charge on any atom is -0.496 e. The highest BCUT2D eigenvalue weighted by Crippen LogP contribution is 2.32. The molecule has 0 radical (unpaired) electrons. The average Bonchev–Trinajstić information content (AvgIpc) is 2.74. The van der Waals surface area contributed by atoms with Crippen molar-refractivity contribution in [2.75, 3.05) is 7.11 Å². The van der Waals surface area contributed by atoms with E-state index in [4.69, 9.17) is 25.5 Å². The molecule has 0 spiro atoms. The molecule has 3 aromatic carbocycles. The number of ether oxygens (including phenoxy) is 2. The summed E-state index contributed by atoms with van der Waals surface area (Å²) in [6, 6.07) is 18.5. The van der Waals surface area contributed by atoms with Crippen LogP contribution in [0.4, 0.5) is 0 Å². The molecule has 0 fully saturated rings. The molecule has 30 heavy (non-hydrogen) atoms. The molecule has 0 amide bonds. The summed E-state index contributed by atoms with van der Waals surface area (Å²) >= 11 is 6.05. The third-order valence-corrected chi connectivity index (χ3v) is 5.05. The summed E-state index contributed by atoms with van der Waals surface area (Å²) in [5, 5.41) is 0.672. The molecule has 0 aliphatic heterocycles. The van der Waals surface area contributed by atoms with Gasteiger partial charge in [-0.15, -0.1) is 0 Å². The van der Waals surface area contributed by atoms with Gasteiger partial charge >= 0.3 is 5.97 Å². The molecule has 4 rings (SSSR count). The minimum atomic E-state index is -0.593. The number of aryl methyl sites for hydroxylation is 1. The van der Waals surface area contributed by atoms with Gasteiger partial charge in [-0.05, 0) is 37.3 Å². The third kappa shape index (κ3) is 3.55. The van der Waals surface area contributed by atoms with Crippen molar-refractivity contribution in [1.82, 2.24) is 0 Å². The predicted octanol–water partition coefficient (Wildman–Crippen LogP) is 5.65. The normalized spacial score (nSPS) is 10.8. The second-order valence-corrected chi connectivity index (χ2v) is 7.00. The van der Waals surface area contributed by atoms with E-state index in [0.717, 1.165) is 0 Å². The number of hydrogen-bond acceptors (Lipinski definition) is 5. The fraction of sp³-hybridized carbons (Fsp3) is 0.0833. The minimum absolute atomic E-state index is 0.192. The number of halogens is 1. The Morgan fingerprint density at radius 2 is 1.73 bits per heavy atom. The smallest absolute Gasteiger partial charge is 0.345 e. The van der Waals surface area contributed by atoms with Crippen LogP contribution < -0.4 is 14.9 Å². The zero-order chi connectivity index (χ0) is 21.3. The molecule has 150 valence electrons. The van der Waals surface area contributed by atoms with Gasteiger partial charge in [-0.2, -0.15) is 0 Å². The van der Waals surface area contributed by atoms with Crippen molar-refractivity contribution < 1.29 is 18.7 Å². The summed E-state index contributed by atoms with van der Waals surface area (Å²) in [5.74, 6) is 0.675. The first-order valence-electron chi connectivity index (χ1n) is 9.17. The van der Waals surface area contributed by atoms with E-state index in [9.17, 15) is 9.59 Å². The zero-order valence-corrected chi connectivity index (χ0v) is 17.0. The third-order valence-electron chi connectivity index (χ3n) is 4.72. The average molecular weight is 421 g/mol. The number of fused-ring (bicyclic) bond motifs is 1. The summed E-state index contributed by atoms with van der Waals surface area (Å²) < 4.78 is 16.7. The molecule has 1 heterocycles. The number of rotatable bonds is 4. The van der Waals surface area contributed by atoms with Crippen molar-refractivity contribution in [2.24, 2.45) is 0 Å². The first-order chi connectivity index (χ1) is 14.5. The van der Waals surface area contributed by atoms with Crippen molar-refractivity contribution in [3.8, 4) is 22.6 Å². The summed E-state index contributed by atoms with van der Waals surface area (Å²) in [4.78, 5) is 25.6. The summed E-state index contributed by atoms with van der Waals surface area (Å²) in [6.07, 6.45) is 0. The maximum absolute atomic E-state index is 13.2. The van der Waals surface area contributed by atoms with Crippen molar-refractivity contribution in [3.05, 3.63) is 93.3 Å². The van der Waals surface area contributed by atoms with Gasteiger partial charge in [0.15, 0.2) is 0 Å². The van der Waals surface area contributed by atoms with Crippen LogP contribution in [0, 0.1) is 6.92 Å². The van der Waals surface area contributed by atoms with Gasteiger partial charge in [0.2, 0.25) is 5.43 Å². The van der Waals surface area contributed by atoms with Gasteiger partial charge in [-0.3, -0.25) is 4.79 Å². The molecule has 0 saturated heterocycles. The van der Waals surface area contributed by atoms with Crippen LogP contribution in [-0.2, 0) is 0 Å². The molecule has 0 unspecified atom stereocenters. The Hall–Kier alpha value is -3.57. The quantitative estimate of drug-likeness (QED) is 0.315. The van der Waals surface area contributed by atoms with E-state index in [1.807, 2.05) is 18.2 Å². The summed E-state index contributed by atoms with van der Waals surface area (Å²) in [5.41, 5.74) is 1.47. The highest BCUT2D eigenvalue weighted by atomic mass is 35.5. The van der Waals surface area contributed by atoms with E-state index in [-0.39, 0.29) is 16.7 Å². The van der Waals surface area contributed by atoms with Crippen LogP contribution in [0.3, 0.4) is 0 Å². The second kappa shape index (κ2) is 8.05. The Morgan fingerprint density at radius 3 is 2.50 bits per heavy atom. The van der Waals surface area contributed by atoms with E-state index in [1.54, 1.807) is 56.5 Å². The fourth-order valence-corrected chi connectivity index (χ4v) is 3.51. The number of carbonyl (C=O) groups excluding carboxylic acids is 1. The van der Waals surface area contributed by atoms with Crippen LogP contribution in [-0.4, -0.2) is 13.1 Å². The number of methoxy groups -OCH3 is 1. The molecular weight excluding hydrogens is 404 g/mol. The van der Waals surface area contributed by atoms with Gasteiger partial charge < -0.3 is 13.9 Å². The molecule has 5 nitrogen and oxygen atoms in total.